The zero-order valence-electron chi connectivity index (χ0n) is 9.62. The third-order valence-corrected chi connectivity index (χ3v) is 2.44. The number of aromatic carboxylic acids is 1. The van der Waals surface area contributed by atoms with E-state index in [0.717, 1.165) is 0 Å². The van der Waals surface area contributed by atoms with Crippen molar-refractivity contribution in [2.24, 2.45) is 0 Å². The second-order valence-corrected chi connectivity index (χ2v) is 3.72. The van der Waals surface area contributed by atoms with Gasteiger partial charge in [0.15, 0.2) is 5.78 Å². The molecular formula is C13H10N2O3. The zero-order valence-corrected chi connectivity index (χ0v) is 9.62. The molecule has 18 heavy (non-hydrogen) atoms. The molecule has 0 aromatic carbocycles. The number of pyridine rings is 2. The molecule has 0 atom stereocenters. The fourth-order valence-electron chi connectivity index (χ4n) is 1.49. The van der Waals surface area contributed by atoms with Crippen LogP contribution in [-0.4, -0.2) is 26.8 Å². The average Bonchev–Trinajstić information content (AvgIpc) is 2.39. The molecule has 0 radical (unpaired) electrons. The quantitative estimate of drug-likeness (QED) is 0.833. The first kappa shape index (κ1) is 11.9. The van der Waals surface area contributed by atoms with Crippen LogP contribution >= 0.6 is 0 Å². The number of rotatable bonds is 3. The van der Waals surface area contributed by atoms with E-state index >= 15 is 0 Å². The number of carboxylic acids is 1. The molecular weight excluding hydrogens is 232 g/mol. The van der Waals surface area contributed by atoms with Gasteiger partial charge in [0.05, 0.1) is 17.0 Å². The molecule has 2 aromatic heterocycles. The van der Waals surface area contributed by atoms with Crippen molar-refractivity contribution in [3.05, 3.63) is 47.8 Å². The summed E-state index contributed by atoms with van der Waals surface area (Å²) in [5, 5.41) is 8.90. The second-order valence-electron chi connectivity index (χ2n) is 3.72. The molecule has 0 unspecified atom stereocenters. The van der Waals surface area contributed by atoms with Crippen molar-refractivity contribution in [1.29, 1.82) is 0 Å². The highest BCUT2D eigenvalue weighted by atomic mass is 16.4. The van der Waals surface area contributed by atoms with Gasteiger partial charge < -0.3 is 5.11 Å². The van der Waals surface area contributed by atoms with Crippen LogP contribution in [0.25, 0.3) is 11.4 Å². The molecule has 2 aromatic rings. The van der Waals surface area contributed by atoms with Crippen LogP contribution in [0.1, 0.15) is 27.6 Å². The van der Waals surface area contributed by atoms with Crippen LogP contribution in [0.2, 0.25) is 0 Å². The first-order valence-corrected chi connectivity index (χ1v) is 5.24. The zero-order chi connectivity index (χ0) is 13.1. The first-order valence-electron chi connectivity index (χ1n) is 5.24. The maximum atomic E-state index is 11.3. The third kappa shape index (κ3) is 2.40. The van der Waals surface area contributed by atoms with Crippen LogP contribution in [0.3, 0.4) is 0 Å². The highest BCUT2D eigenvalue weighted by Gasteiger charge is 2.08. The molecule has 0 fully saturated rings. The molecule has 0 bridgehead atoms. The molecule has 1 N–H and O–H groups in total. The summed E-state index contributed by atoms with van der Waals surface area (Å²) in [5.41, 5.74) is 1.56. The smallest absolute Gasteiger partial charge is 0.335 e. The van der Waals surface area contributed by atoms with Gasteiger partial charge in [-0.05, 0) is 31.2 Å². The van der Waals surface area contributed by atoms with Crippen molar-refractivity contribution in [1.82, 2.24) is 9.97 Å². The molecule has 5 heteroatoms. The normalized spacial score (nSPS) is 10.1. The number of nitrogens with zero attached hydrogens (tertiary/aromatic N) is 2. The van der Waals surface area contributed by atoms with Crippen molar-refractivity contribution in [3.8, 4) is 11.4 Å². The molecule has 0 saturated carbocycles. The Morgan fingerprint density at radius 1 is 1.00 bits per heavy atom. The van der Waals surface area contributed by atoms with Crippen molar-refractivity contribution < 1.29 is 14.7 Å². The molecule has 0 amide bonds. The lowest BCUT2D eigenvalue weighted by Crippen LogP contribution is -1.99. The molecule has 90 valence electrons. The van der Waals surface area contributed by atoms with Crippen LogP contribution in [-0.2, 0) is 0 Å². The Morgan fingerprint density at radius 2 is 1.50 bits per heavy atom. The van der Waals surface area contributed by atoms with Gasteiger partial charge in [-0.25, -0.2) is 4.79 Å². The van der Waals surface area contributed by atoms with Gasteiger partial charge in [-0.3, -0.25) is 14.8 Å². The average molecular weight is 242 g/mol. The van der Waals surface area contributed by atoms with Crippen LogP contribution in [0.15, 0.2) is 36.7 Å². The van der Waals surface area contributed by atoms with Gasteiger partial charge in [0.1, 0.15) is 0 Å². The minimum atomic E-state index is -1.03. The monoisotopic (exact) mass is 242 g/mol. The number of carbonyl (C=O) groups excluding carboxylic acids is 1. The van der Waals surface area contributed by atoms with Gasteiger partial charge >= 0.3 is 5.97 Å². The summed E-state index contributed by atoms with van der Waals surface area (Å²) in [7, 11) is 0. The Morgan fingerprint density at radius 3 is 2.00 bits per heavy atom. The number of aromatic nitrogens is 2. The maximum Gasteiger partial charge on any atom is 0.335 e. The minimum Gasteiger partial charge on any atom is -0.478 e. The molecule has 0 spiro atoms. The predicted octanol–water partition coefficient (Wildman–Crippen LogP) is 2.04. The minimum absolute atomic E-state index is 0.0759. The number of carboxylic acid groups (broad SMARTS) is 1. The van der Waals surface area contributed by atoms with E-state index in [1.807, 2.05) is 0 Å². The first-order chi connectivity index (χ1) is 8.58. The fraction of sp³-hybridized carbons (Fsp3) is 0.0769. The SMILES string of the molecule is CC(=O)c1ccnc(-c2cc(C(=O)O)ccn2)c1. The largest absolute Gasteiger partial charge is 0.478 e. The van der Waals surface area contributed by atoms with E-state index in [-0.39, 0.29) is 11.3 Å². The highest BCUT2D eigenvalue weighted by molar-refractivity contribution is 5.95. The lowest BCUT2D eigenvalue weighted by Gasteiger charge is -2.02. The molecule has 5 nitrogen and oxygen atoms in total. The number of hydrogen-bond acceptors (Lipinski definition) is 4. The number of ketones is 1. The molecule has 0 aliphatic carbocycles. The summed E-state index contributed by atoms with van der Waals surface area (Å²) in [6.07, 6.45) is 2.90. The van der Waals surface area contributed by atoms with Crippen LogP contribution < -0.4 is 0 Å². The van der Waals surface area contributed by atoms with Crippen LogP contribution in [0.4, 0.5) is 0 Å². The summed E-state index contributed by atoms with van der Waals surface area (Å²) in [6, 6.07) is 6.03. The molecule has 0 aliphatic heterocycles. The van der Waals surface area contributed by atoms with Crippen LogP contribution in [0, 0.1) is 0 Å². The summed E-state index contributed by atoms with van der Waals surface area (Å²) in [5.74, 6) is -1.10. The Labute approximate surface area is 103 Å². The van der Waals surface area contributed by atoms with Crippen molar-refractivity contribution >= 4 is 11.8 Å². The Hall–Kier alpha value is -2.56. The van der Waals surface area contributed by atoms with Gasteiger partial charge in [-0.15, -0.1) is 0 Å². The second kappa shape index (κ2) is 4.75. The van der Waals surface area contributed by atoms with Gasteiger partial charge in [-0.1, -0.05) is 0 Å². The van der Waals surface area contributed by atoms with E-state index in [1.165, 1.54) is 31.5 Å². The van der Waals surface area contributed by atoms with Gasteiger partial charge in [0, 0.05) is 18.0 Å². The van der Waals surface area contributed by atoms with Gasteiger partial charge in [-0.2, -0.15) is 0 Å². The molecule has 0 aliphatic rings. The standard InChI is InChI=1S/C13H10N2O3/c1-8(16)9-2-4-14-11(6-9)12-7-10(13(17)18)3-5-15-12/h2-7H,1H3,(H,17,18). The Kier molecular flexibility index (Phi) is 3.14. The molecule has 0 saturated heterocycles. The van der Waals surface area contributed by atoms with Crippen LogP contribution in [0.5, 0.6) is 0 Å². The van der Waals surface area contributed by atoms with Gasteiger partial charge in [0.2, 0.25) is 0 Å². The Bertz CT molecular complexity index is 568. The number of carbonyl (C=O) groups is 2. The highest BCUT2D eigenvalue weighted by Crippen LogP contribution is 2.16. The number of Topliss-reactive ketones (excluding diaryl/α,β-unsaturated/α-hetero) is 1. The number of hydrogen-bond donors (Lipinski definition) is 1. The van der Waals surface area contributed by atoms with E-state index in [1.54, 1.807) is 12.1 Å². The third-order valence-electron chi connectivity index (χ3n) is 2.44. The van der Waals surface area contributed by atoms with E-state index in [4.69, 9.17) is 5.11 Å². The molecule has 2 heterocycles. The summed E-state index contributed by atoms with van der Waals surface area (Å²) < 4.78 is 0. The summed E-state index contributed by atoms with van der Waals surface area (Å²) >= 11 is 0. The lowest BCUT2D eigenvalue weighted by atomic mass is 10.1. The van der Waals surface area contributed by atoms with E-state index in [9.17, 15) is 9.59 Å². The fourth-order valence-corrected chi connectivity index (χ4v) is 1.49. The lowest BCUT2D eigenvalue weighted by molar-refractivity contribution is 0.0696. The van der Waals surface area contributed by atoms with Crippen molar-refractivity contribution in [3.63, 3.8) is 0 Å². The van der Waals surface area contributed by atoms with E-state index in [0.29, 0.717) is 17.0 Å². The summed E-state index contributed by atoms with van der Waals surface area (Å²) in [6.45, 7) is 1.46. The van der Waals surface area contributed by atoms with Gasteiger partial charge in [0.25, 0.3) is 0 Å². The molecule has 2 rings (SSSR count). The van der Waals surface area contributed by atoms with Crippen molar-refractivity contribution in [2.45, 2.75) is 6.92 Å². The van der Waals surface area contributed by atoms with E-state index < -0.39 is 5.97 Å². The maximum absolute atomic E-state index is 11.3. The predicted molar refractivity (Wildman–Crippen MR) is 64.4 cm³/mol. The van der Waals surface area contributed by atoms with E-state index in [2.05, 4.69) is 9.97 Å². The topological polar surface area (TPSA) is 80.2 Å². The van der Waals surface area contributed by atoms with Crippen molar-refractivity contribution in [2.75, 3.05) is 0 Å². The summed E-state index contributed by atoms with van der Waals surface area (Å²) in [4.78, 5) is 30.3. The Balaban J connectivity index is 2.48.